The highest BCUT2D eigenvalue weighted by Crippen LogP contribution is 2.57. The summed E-state index contributed by atoms with van der Waals surface area (Å²) in [5.41, 5.74) is 6.04. The Labute approximate surface area is 195 Å². The fourth-order valence-electron chi connectivity index (χ4n) is 3.62. The van der Waals surface area contributed by atoms with Crippen LogP contribution in [0, 0.1) is 0 Å². The van der Waals surface area contributed by atoms with Crippen LogP contribution >= 0.6 is 11.1 Å². The number of ether oxygens (including phenoxy) is 1. The first-order chi connectivity index (χ1) is 16.1. The molecule has 3 N–H and O–H groups in total. The molecule has 0 saturated heterocycles. The Morgan fingerprint density at radius 2 is 1.74 bits per heavy atom. The molecule has 1 heterocycles. The van der Waals surface area contributed by atoms with Crippen molar-refractivity contribution in [1.29, 1.82) is 0 Å². The third-order valence-electron chi connectivity index (χ3n) is 5.33. The van der Waals surface area contributed by atoms with Crippen LogP contribution in [-0.2, 0) is 11.0 Å². The van der Waals surface area contributed by atoms with Gasteiger partial charge < -0.3 is 15.6 Å². The van der Waals surface area contributed by atoms with Crippen LogP contribution in [-0.4, -0.2) is 22.7 Å². The fourth-order valence-corrected chi connectivity index (χ4v) is 5.87. The molecule has 3 aromatic carbocycles. The number of hydrogen-bond acceptors (Lipinski definition) is 4. The maximum absolute atomic E-state index is 13.1. The van der Waals surface area contributed by atoms with Gasteiger partial charge in [-0.3, -0.25) is 4.79 Å². The summed E-state index contributed by atoms with van der Waals surface area (Å²) in [4.78, 5) is 24.0. The minimum atomic E-state index is -4.53. The number of carbonyl (C=O) groups is 2. The van der Waals surface area contributed by atoms with Crippen molar-refractivity contribution in [3.8, 4) is 11.5 Å². The zero-order valence-corrected chi connectivity index (χ0v) is 18.6. The second-order valence-corrected chi connectivity index (χ2v) is 9.68. The van der Waals surface area contributed by atoms with Crippen molar-refractivity contribution in [3.63, 3.8) is 0 Å². The lowest BCUT2D eigenvalue weighted by Gasteiger charge is -2.23. The van der Waals surface area contributed by atoms with Crippen molar-refractivity contribution in [2.75, 3.05) is 0 Å². The molecule has 10 heteroatoms. The largest absolute Gasteiger partial charge is 0.478 e. The number of halogens is 3. The van der Waals surface area contributed by atoms with E-state index in [1.807, 2.05) is 6.92 Å². The Bertz CT molecular complexity index is 1310. The Kier molecular flexibility index (Phi) is 6.09. The summed E-state index contributed by atoms with van der Waals surface area (Å²) in [5, 5.41) is 8.92. The van der Waals surface area contributed by atoms with Crippen molar-refractivity contribution in [2.45, 2.75) is 23.2 Å². The lowest BCUT2D eigenvalue weighted by atomic mass is 10.1. The number of aromatic carboxylic acids is 1. The van der Waals surface area contributed by atoms with Crippen LogP contribution in [0.15, 0.2) is 76.0 Å². The SMILES string of the molecule is CC(c1ccc(C(=O)O)cc1)[SH]1N=C(C(N)=O)c2c(Oc3cccc(C(F)(F)F)c3)cccc21. The standard InChI is InChI=1S/C24H19F3N2O4S/c1-13(14-8-10-15(11-9-14)23(31)32)34-19-7-3-6-18(20(19)21(29-34)22(28)30)33-17-5-2-4-16(12-17)24(25,26)27/h2-13,34H,1H3,(H2,28,30)(H,31,32). The summed E-state index contributed by atoms with van der Waals surface area (Å²) in [7, 11) is 0. The van der Waals surface area contributed by atoms with Gasteiger partial charge in [0.1, 0.15) is 17.2 Å². The highest BCUT2D eigenvalue weighted by Gasteiger charge is 2.34. The second-order valence-electron chi connectivity index (χ2n) is 7.54. The third-order valence-corrected chi connectivity index (χ3v) is 7.64. The van der Waals surface area contributed by atoms with Crippen LogP contribution in [0.4, 0.5) is 13.2 Å². The molecule has 0 saturated carbocycles. The molecule has 2 unspecified atom stereocenters. The number of nitrogens with two attached hydrogens (primary N) is 1. The summed E-state index contributed by atoms with van der Waals surface area (Å²) in [6, 6.07) is 15.8. The molecule has 3 aromatic rings. The molecular formula is C24H19F3N2O4S. The molecule has 0 aliphatic carbocycles. The van der Waals surface area contributed by atoms with Crippen LogP contribution in [0.1, 0.15) is 39.2 Å². The Morgan fingerprint density at radius 1 is 1.06 bits per heavy atom. The maximum atomic E-state index is 13.1. The van der Waals surface area contributed by atoms with Crippen LogP contribution < -0.4 is 10.5 Å². The quantitative estimate of drug-likeness (QED) is 0.398. The third kappa shape index (κ3) is 4.49. The van der Waals surface area contributed by atoms with E-state index in [1.54, 1.807) is 30.3 Å². The normalized spacial score (nSPS) is 16.9. The average Bonchev–Trinajstić information content (AvgIpc) is 3.19. The summed E-state index contributed by atoms with van der Waals surface area (Å²) in [5.74, 6) is -1.69. The van der Waals surface area contributed by atoms with E-state index in [4.69, 9.17) is 15.6 Å². The number of fused-ring (bicyclic) bond motifs is 1. The minimum absolute atomic E-state index is 0.00214. The highest BCUT2D eigenvalue weighted by molar-refractivity contribution is 8.16. The zero-order valence-electron chi connectivity index (χ0n) is 17.7. The molecule has 1 aliphatic heterocycles. The number of amides is 1. The predicted octanol–water partition coefficient (Wildman–Crippen LogP) is 5.52. The smallest absolute Gasteiger partial charge is 0.416 e. The summed E-state index contributed by atoms with van der Waals surface area (Å²) in [6.07, 6.45) is -4.53. The van der Waals surface area contributed by atoms with Crippen LogP contribution in [0.2, 0.25) is 0 Å². The number of rotatable bonds is 6. The van der Waals surface area contributed by atoms with Gasteiger partial charge >= 0.3 is 12.1 Å². The van der Waals surface area contributed by atoms with Gasteiger partial charge in [-0.15, -0.1) is 11.1 Å². The maximum Gasteiger partial charge on any atom is 0.416 e. The second kappa shape index (κ2) is 8.86. The van der Waals surface area contributed by atoms with Gasteiger partial charge in [0.15, 0.2) is 0 Å². The summed E-state index contributed by atoms with van der Waals surface area (Å²) >= 11 is -1.33. The number of carboxylic acid groups (broad SMARTS) is 1. The fraction of sp³-hybridized carbons (Fsp3) is 0.125. The Hall–Kier alpha value is -3.79. The monoisotopic (exact) mass is 488 g/mol. The van der Waals surface area contributed by atoms with E-state index in [2.05, 4.69) is 4.40 Å². The summed E-state index contributed by atoms with van der Waals surface area (Å²) in [6.45, 7) is 1.90. The van der Waals surface area contributed by atoms with Gasteiger partial charge in [0.2, 0.25) is 0 Å². The lowest BCUT2D eigenvalue weighted by molar-refractivity contribution is -0.137. The summed E-state index contributed by atoms with van der Waals surface area (Å²) < 4.78 is 49.6. The van der Waals surface area contributed by atoms with E-state index in [1.165, 1.54) is 24.3 Å². The van der Waals surface area contributed by atoms with Gasteiger partial charge in [0, 0.05) is 10.1 Å². The van der Waals surface area contributed by atoms with Crippen LogP contribution in [0.25, 0.3) is 0 Å². The number of carbonyl (C=O) groups excluding carboxylic acids is 1. The molecule has 4 rings (SSSR count). The van der Waals surface area contributed by atoms with E-state index in [-0.39, 0.29) is 28.0 Å². The van der Waals surface area contributed by atoms with E-state index in [0.717, 1.165) is 17.7 Å². The van der Waals surface area contributed by atoms with E-state index >= 15 is 0 Å². The van der Waals surface area contributed by atoms with Crippen molar-refractivity contribution >= 4 is 28.7 Å². The van der Waals surface area contributed by atoms with Crippen LogP contribution in [0.3, 0.4) is 0 Å². The zero-order chi connectivity index (χ0) is 24.6. The molecule has 0 fully saturated rings. The number of alkyl halides is 3. The van der Waals surface area contributed by atoms with Crippen molar-refractivity contribution < 1.29 is 32.6 Å². The van der Waals surface area contributed by atoms with Crippen LogP contribution in [0.5, 0.6) is 11.5 Å². The number of carboxylic acids is 1. The molecule has 34 heavy (non-hydrogen) atoms. The molecule has 0 aromatic heterocycles. The van der Waals surface area contributed by atoms with E-state index in [9.17, 15) is 22.8 Å². The van der Waals surface area contributed by atoms with Gasteiger partial charge in [-0.1, -0.05) is 24.3 Å². The van der Waals surface area contributed by atoms with Crippen molar-refractivity contribution in [2.24, 2.45) is 10.1 Å². The first-order valence-electron chi connectivity index (χ1n) is 10.1. The molecule has 6 nitrogen and oxygen atoms in total. The van der Waals surface area contributed by atoms with Gasteiger partial charge in [-0.25, -0.2) is 9.19 Å². The Balaban J connectivity index is 1.72. The van der Waals surface area contributed by atoms with Gasteiger partial charge in [0.25, 0.3) is 5.91 Å². The molecular weight excluding hydrogens is 469 g/mol. The molecule has 2 atom stereocenters. The number of nitrogens with zero attached hydrogens (tertiary/aromatic N) is 1. The highest BCUT2D eigenvalue weighted by atomic mass is 32.2. The topological polar surface area (TPSA) is 102 Å². The number of benzene rings is 3. The first-order valence-corrected chi connectivity index (χ1v) is 11.4. The number of hydrogen-bond donors (Lipinski definition) is 3. The van der Waals surface area contributed by atoms with E-state index < -0.39 is 34.7 Å². The number of primary amides is 1. The molecule has 0 radical (unpaired) electrons. The predicted molar refractivity (Wildman–Crippen MR) is 123 cm³/mol. The van der Waals surface area contributed by atoms with E-state index in [0.29, 0.717) is 10.5 Å². The molecule has 176 valence electrons. The van der Waals surface area contributed by atoms with Gasteiger partial charge in [-0.2, -0.15) is 13.2 Å². The Morgan fingerprint density at radius 3 is 2.35 bits per heavy atom. The van der Waals surface area contributed by atoms with Gasteiger partial charge in [0.05, 0.1) is 16.7 Å². The van der Waals surface area contributed by atoms with Crippen molar-refractivity contribution in [3.05, 3.63) is 89.0 Å². The van der Waals surface area contributed by atoms with Crippen molar-refractivity contribution in [1.82, 2.24) is 0 Å². The first kappa shape index (κ1) is 23.4. The molecule has 1 aliphatic rings. The minimum Gasteiger partial charge on any atom is -0.478 e. The van der Waals surface area contributed by atoms with Gasteiger partial charge in [-0.05, 0) is 55.0 Å². The molecule has 0 spiro atoms. The molecule has 0 bridgehead atoms. The molecule has 1 amide bonds. The number of thiol groups is 1. The lowest BCUT2D eigenvalue weighted by Crippen LogP contribution is -2.23. The average molecular weight is 488 g/mol.